The van der Waals surface area contributed by atoms with Crippen molar-refractivity contribution in [1.82, 2.24) is 0 Å². The third-order valence-corrected chi connectivity index (χ3v) is 4.43. The Hall–Kier alpha value is -1.30. The standard InChI is InChI=1S/C20H30F4O2/c1-15-16(21)18(23)20(19(24)17(15)22)26-14-12-10-8-6-4-3-5-7-9-11-13-25-2/h3-14H2,1-2H3. The average Bonchev–Trinajstić information content (AvgIpc) is 2.64. The highest BCUT2D eigenvalue weighted by Gasteiger charge is 2.24. The first-order chi connectivity index (χ1) is 12.5. The molecule has 1 rings (SSSR count). The van der Waals surface area contributed by atoms with Gasteiger partial charge in [-0.15, -0.1) is 0 Å². The van der Waals surface area contributed by atoms with Crippen molar-refractivity contribution < 1.29 is 27.0 Å². The molecule has 0 spiro atoms. The van der Waals surface area contributed by atoms with Crippen LogP contribution in [0.4, 0.5) is 17.6 Å². The second kappa shape index (κ2) is 13.0. The number of halogens is 4. The summed E-state index contributed by atoms with van der Waals surface area (Å²) in [6.45, 7) is 1.85. The number of rotatable bonds is 14. The molecule has 0 amide bonds. The van der Waals surface area contributed by atoms with E-state index in [1.807, 2.05) is 0 Å². The molecule has 1 aromatic carbocycles. The van der Waals surface area contributed by atoms with Gasteiger partial charge in [0.1, 0.15) is 0 Å². The van der Waals surface area contributed by atoms with Crippen LogP contribution in [0.1, 0.15) is 69.8 Å². The van der Waals surface area contributed by atoms with Gasteiger partial charge in [0.2, 0.25) is 11.6 Å². The molecule has 0 aliphatic carbocycles. The third-order valence-electron chi connectivity index (χ3n) is 4.43. The maximum absolute atomic E-state index is 13.6. The summed E-state index contributed by atoms with van der Waals surface area (Å²) in [6.07, 6.45) is 10.7. The lowest BCUT2D eigenvalue weighted by Gasteiger charge is -2.11. The highest BCUT2D eigenvalue weighted by Crippen LogP contribution is 2.29. The molecule has 1 aromatic rings. The molecule has 0 bridgehead atoms. The second-order valence-corrected chi connectivity index (χ2v) is 6.59. The smallest absolute Gasteiger partial charge is 0.204 e. The summed E-state index contributed by atoms with van der Waals surface area (Å²) in [5.74, 6) is -6.69. The Morgan fingerprint density at radius 1 is 0.577 bits per heavy atom. The van der Waals surface area contributed by atoms with Crippen molar-refractivity contribution >= 4 is 0 Å². The molecule has 6 heteroatoms. The lowest BCUT2D eigenvalue weighted by atomic mass is 10.1. The minimum Gasteiger partial charge on any atom is -0.487 e. The highest BCUT2D eigenvalue weighted by atomic mass is 19.2. The summed E-state index contributed by atoms with van der Waals surface area (Å²) in [5.41, 5.74) is -0.675. The molecule has 0 unspecified atom stereocenters. The second-order valence-electron chi connectivity index (χ2n) is 6.59. The number of benzene rings is 1. The van der Waals surface area contributed by atoms with Crippen LogP contribution in [-0.2, 0) is 4.74 Å². The van der Waals surface area contributed by atoms with Gasteiger partial charge in [0.05, 0.1) is 6.61 Å². The molecule has 0 aliphatic rings. The zero-order valence-corrected chi connectivity index (χ0v) is 15.8. The summed E-state index contributed by atoms with van der Waals surface area (Å²) in [7, 11) is 1.72. The summed E-state index contributed by atoms with van der Waals surface area (Å²) in [6, 6.07) is 0. The molecule has 0 fully saturated rings. The first-order valence-corrected chi connectivity index (χ1v) is 9.45. The SMILES string of the molecule is COCCCCCCCCCCCCOc1c(F)c(F)c(C)c(F)c1F. The van der Waals surface area contributed by atoms with Crippen LogP contribution in [0.25, 0.3) is 0 Å². The molecule has 0 saturated heterocycles. The van der Waals surface area contributed by atoms with E-state index in [9.17, 15) is 17.6 Å². The van der Waals surface area contributed by atoms with Crippen LogP contribution in [0.2, 0.25) is 0 Å². The maximum atomic E-state index is 13.6. The van der Waals surface area contributed by atoms with Crippen molar-refractivity contribution in [3.63, 3.8) is 0 Å². The van der Waals surface area contributed by atoms with Gasteiger partial charge in [-0.3, -0.25) is 0 Å². The topological polar surface area (TPSA) is 18.5 Å². The first-order valence-electron chi connectivity index (χ1n) is 9.45. The number of unbranched alkanes of at least 4 members (excludes halogenated alkanes) is 9. The van der Waals surface area contributed by atoms with Crippen LogP contribution in [-0.4, -0.2) is 20.3 Å². The lowest BCUT2D eigenvalue weighted by molar-refractivity contribution is 0.192. The van der Waals surface area contributed by atoms with Gasteiger partial charge in [0.25, 0.3) is 0 Å². The predicted octanol–water partition coefficient (Wildman–Crippen LogP) is 6.48. The van der Waals surface area contributed by atoms with E-state index in [1.165, 1.54) is 32.1 Å². The Labute approximate surface area is 153 Å². The molecular weight excluding hydrogens is 348 g/mol. The van der Waals surface area contributed by atoms with Gasteiger partial charge in [-0.1, -0.05) is 51.4 Å². The minimum atomic E-state index is -1.47. The van der Waals surface area contributed by atoms with Crippen molar-refractivity contribution in [1.29, 1.82) is 0 Å². The number of methoxy groups -OCH3 is 1. The molecular formula is C20H30F4O2. The first kappa shape index (κ1) is 22.7. The van der Waals surface area contributed by atoms with E-state index in [-0.39, 0.29) is 6.61 Å². The van der Waals surface area contributed by atoms with E-state index in [0.29, 0.717) is 6.42 Å². The molecule has 0 atom stereocenters. The van der Waals surface area contributed by atoms with Crippen LogP contribution < -0.4 is 4.74 Å². The van der Waals surface area contributed by atoms with E-state index >= 15 is 0 Å². The van der Waals surface area contributed by atoms with Gasteiger partial charge in [0, 0.05) is 19.3 Å². The van der Waals surface area contributed by atoms with Gasteiger partial charge in [-0.05, 0) is 19.8 Å². The lowest BCUT2D eigenvalue weighted by Crippen LogP contribution is -2.07. The fraction of sp³-hybridized carbons (Fsp3) is 0.700. The van der Waals surface area contributed by atoms with Crippen molar-refractivity contribution in [2.24, 2.45) is 0 Å². The largest absolute Gasteiger partial charge is 0.487 e. The van der Waals surface area contributed by atoms with Gasteiger partial charge in [-0.25, -0.2) is 8.78 Å². The average molecular weight is 378 g/mol. The molecule has 2 nitrogen and oxygen atoms in total. The van der Waals surface area contributed by atoms with Crippen molar-refractivity contribution in [3.8, 4) is 5.75 Å². The summed E-state index contributed by atoms with van der Waals surface area (Å²) in [5, 5.41) is 0. The van der Waals surface area contributed by atoms with Crippen molar-refractivity contribution in [3.05, 3.63) is 28.8 Å². The molecule has 0 aliphatic heterocycles. The minimum absolute atomic E-state index is 0.0370. The molecule has 26 heavy (non-hydrogen) atoms. The monoisotopic (exact) mass is 378 g/mol. The molecule has 0 aromatic heterocycles. The Morgan fingerprint density at radius 2 is 0.962 bits per heavy atom. The van der Waals surface area contributed by atoms with Crippen LogP contribution in [0.5, 0.6) is 5.75 Å². The van der Waals surface area contributed by atoms with Gasteiger partial charge >= 0.3 is 0 Å². The Balaban J connectivity index is 2.10. The fourth-order valence-corrected chi connectivity index (χ4v) is 2.78. The van der Waals surface area contributed by atoms with E-state index in [1.54, 1.807) is 7.11 Å². The van der Waals surface area contributed by atoms with E-state index in [2.05, 4.69) is 0 Å². The number of hydrogen-bond donors (Lipinski definition) is 0. The normalized spacial score (nSPS) is 11.2. The van der Waals surface area contributed by atoms with E-state index < -0.39 is 34.6 Å². The van der Waals surface area contributed by atoms with Gasteiger partial charge in [-0.2, -0.15) is 8.78 Å². The molecule has 150 valence electrons. The summed E-state index contributed by atoms with van der Waals surface area (Å²) < 4.78 is 64.1. The third kappa shape index (κ3) is 7.52. The maximum Gasteiger partial charge on any atom is 0.204 e. The predicted molar refractivity (Wildman–Crippen MR) is 94.6 cm³/mol. The fourth-order valence-electron chi connectivity index (χ4n) is 2.78. The van der Waals surface area contributed by atoms with Crippen LogP contribution in [0, 0.1) is 30.2 Å². The Bertz CT molecular complexity index is 506. The Kier molecular flexibility index (Phi) is 11.3. The zero-order valence-electron chi connectivity index (χ0n) is 15.8. The number of ether oxygens (including phenoxy) is 2. The van der Waals surface area contributed by atoms with E-state index in [4.69, 9.17) is 9.47 Å². The molecule has 0 radical (unpaired) electrons. The van der Waals surface area contributed by atoms with Crippen molar-refractivity contribution in [2.75, 3.05) is 20.3 Å². The highest BCUT2D eigenvalue weighted by molar-refractivity contribution is 5.33. The molecule has 0 saturated carbocycles. The quantitative estimate of drug-likeness (QED) is 0.210. The molecule has 0 N–H and O–H groups in total. The van der Waals surface area contributed by atoms with Crippen LogP contribution in [0.15, 0.2) is 0 Å². The molecule has 0 heterocycles. The van der Waals surface area contributed by atoms with Crippen LogP contribution in [0.3, 0.4) is 0 Å². The Morgan fingerprint density at radius 3 is 1.38 bits per heavy atom. The van der Waals surface area contributed by atoms with Crippen molar-refractivity contribution in [2.45, 2.75) is 71.1 Å². The van der Waals surface area contributed by atoms with Gasteiger partial charge in [0.15, 0.2) is 17.4 Å². The summed E-state index contributed by atoms with van der Waals surface area (Å²) >= 11 is 0. The van der Waals surface area contributed by atoms with E-state index in [0.717, 1.165) is 39.2 Å². The van der Waals surface area contributed by atoms with Gasteiger partial charge < -0.3 is 9.47 Å². The van der Waals surface area contributed by atoms with Crippen LogP contribution >= 0.6 is 0 Å². The zero-order chi connectivity index (χ0) is 19.4. The summed E-state index contributed by atoms with van der Waals surface area (Å²) in [4.78, 5) is 0. The number of hydrogen-bond acceptors (Lipinski definition) is 2.